The van der Waals surface area contributed by atoms with E-state index in [0.29, 0.717) is 44.7 Å². The summed E-state index contributed by atoms with van der Waals surface area (Å²) < 4.78 is 13.8. The van der Waals surface area contributed by atoms with E-state index in [1.165, 1.54) is 17.6 Å². The maximum atomic E-state index is 13.2. The van der Waals surface area contributed by atoms with Crippen LogP contribution in [0.1, 0.15) is 0 Å². The summed E-state index contributed by atoms with van der Waals surface area (Å²) in [5, 5.41) is 3.31. The molecule has 0 bridgehead atoms. The highest BCUT2D eigenvalue weighted by Crippen LogP contribution is 2.28. The first kappa shape index (κ1) is 22.5. The third-order valence-electron chi connectivity index (χ3n) is 5.68. The summed E-state index contributed by atoms with van der Waals surface area (Å²) in [5.41, 5.74) is 2.84. The Morgan fingerprint density at radius 2 is 1.71 bits per heavy atom. The maximum absolute atomic E-state index is 13.2. The third-order valence-corrected chi connectivity index (χ3v) is 5.91. The summed E-state index contributed by atoms with van der Waals surface area (Å²) in [6, 6.07) is 21.1. The molecule has 8 nitrogen and oxygen atoms in total. The average molecular weight is 489 g/mol. The summed E-state index contributed by atoms with van der Waals surface area (Å²) in [4.78, 5) is 31.0. The van der Waals surface area contributed by atoms with E-state index < -0.39 is 0 Å². The lowest BCUT2D eigenvalue weighted by atomic mass is 10.1. The number of anilines is 1. The largest absolute Gasteiger partial charge is 0.497 e. The highest BCUT2D eigenvalue weighted by Gasteiger charge is 2.18. The molecule has 176 valence electrons. The van der Waals surface area contributed by atoms with E-state index in [9.17, 15) is 9.59 Å². The van der Waals surface area contributed by atoms with Crippen molar-refractivity contribution >= 4 is 40.0 Å². The molecule has 9 heteroatoms. The van der Waals surface area contributed by atoms with Gasteiger partial charge in [-0.15, -0.1) is 0 Å². The lowest BCUT2D eigenvalue weighted by Crippen LogP contribution is -2.21. The number of carbonyl (C=O) groups excluding carboxylic acids is 1. The summed E-state index contributed by atoms with van der Waals surface area (Å²) in [7, 11) is 3.11. The van der Waals surface area contributed by atoms with Crippen molar-refractivity contribution in [3.8, 4) is 22.8 Å². The van der Waals surface area contributed by atoms with Crippen molar-refractivity contribution in [2.75, 3.05) is 19.5 Å². The van der Waals surface area contributed by atoms with Crippen molar-refractivity contribution in [2.45, 2.75) is 6.54 Å². The number of halogens is 1. The van der Waals surface area contributed by atoms with E-state index in [1.54, 1.807) is 42.0 Å². The molecule has 5 rings (SSSR count). The Morgan fingerprint density at radius 3 is 2.43 bits per heavy atom. The zero-order valence-electron chi connectivity index (χ0n) is 19.0. The second kappa shape index (κ2) is 9.15. The molecule has 2 aromatic heterocycles. The van der Waals surface area contributed by atoms with Gasteiger partial charge in [-0.1, -0.05) is 23.7 Å². The molecule has 1 N–H and O–H groups in total. The normalized spacial score (nSPS) is 11.1. The van der Waals surface area contributed by atoms with E-state index in [2.05, 4.69) is 5.32 Å². The molecule has 0 unspecified atom stereocenters. The molecule has 35 heavy (non-hydrogen) atoms. The summed E-state index contributed by atoms with van der Waals surface area (Å²) in [6.45, 7) is -0.0782. The van der Waals surface area contributed by atoms with Gasteiger partial charge in [0, 0.05) is 16.7 Å². The van der Waals surface area contributed by atoms with Crippen molar-refractivity contribution in [1.29, 1.82) is 0 Å². The molecule has 0 spiro atoms. The van der Waals surface area contributed by atoms with Gasteiger partial charge >= 0.3 is 0 Å². The van der Waals surface area contributed by atoms with Gasteiger partial charge in [-0.2, -0.15) is 0 Å². The molecule has 0 aliphatic rings. The molecule has 0 fully saturated rings. The van der Waals surface area contributed by atoms with E-state index in [0.717, 1.165) is 5.56 Å². The van der Waals surface area contributed by atoms with Gasteiger partial charge in [0.05, 0.1) is 36.6 Å². The van der Waals surface area contributed by atoms with Crippen LogP contribution in [0.15, 0.2) is 77.6 Å². The van der Waals surface area contributed by atoms with Gasteiger partial charge in [0.1, 0.15) is 18.0 Å². The fourth-order valence-electron chi connectivity index (χ4n) is 4.04. The Labute approximate surface area is 205 Å². The minimum atomic E-state index is -0.321. The van der Waals surface area contributed by atoms with Crippen molar-refractivity contribution in [3.63, 3.8) is 0 Å². The molecule has 0 saturated heterocycles. The van der Waals surface area contributed by atoms with Crippen LogP contribution in [0.3, 0.4) is 0 Å². The minimum absolute atomic E-state index is 0.0782. The number of aromatic nitrogens is 3. The number of nitrogens with one attached hydrogen (secondary N) is 1. The van der Waals surface area contributed by atoms with Crippen LogP contribution >= 0.6 is 11.6 Å². The predicted octanol–water partition coefficient (Wildman–Crippen LogP) is 4.63. The number of benzene rings is 3. The Kier molecular flexibility index (Phi) is 5.88. The van der Waals surface area contributed by atoms with Crippen LogP contribution in [0.25, 0.3) is 28.1 Å². The number of amides is 1. The van der Waals surface area contributed by atoms with Crippen molar-refractivity contribution in [1.82, 2.24) is 14.0 Å². The van der Waals surface area contributed by atoms with Crippen LogP contribution in [-0.2, 0) is 11.3 Å². The Hall–Kier alpha value is -4.30. The number of nitrogens with zero attached hydrogens (tertiary/aromatic N) is 3. The Morgan fingerprint density at radius 1 is 0.971 bits per heavy atom. The van der Waals surface area contributed by atoms with Gasteiger partial charge in [-0.3, -0.25) is 9.59 Å². The molecular formula is C26H21ClN4O4. The number of methoxy groups -OCH3 is 2. The standard InChI is InChI=1S/C26H21ClN4O4/c1-34-18-10-7-16(8-11-18)19-14-25(33)31-22-6-4-3-5-21(22)30(26(31)29-19)15-24(32)28-20-13-17(27)9-12-23(20)35-2/h3-14H,15H2,1-2H3,(H,28,32). The monoisotopic (exact) mass is 488 g/mol. The van der Waals surface area contributed by atoms with E-state index in [-0.39, 0.29) is 18.0 Å². The third kappa shape index (κ3) is 4.20. The quantitative estimate of drug-likeness (QED) is 0.376. The predicted molar refractivity (Wildman–Crippen MR) is 136 cm³/mol. The van der Waals surface area contributed by atoms with Crippen molar-refractivity contribution in [3.05, 3.63) is 88.2 Å². The first-order valence-electron chi connectivity index (χ1n) is 10.8. The second-order valence-corrected chi connectivity index (χ2v) is 8.25. The van der Waals surface area contributed by atoms with Gasteiger partial charge in [-0.25, -0.2) is 9.38 Å². The van der Waals surface area contributed by atoms with Crippen LogP contribution in [-0.4, -0.2) is 34.1 Å². The molecule has 3 aromatic carbocycles. The molecule has 0 aliphatic heterocycles. The first-order valence-corrected chi connectivity index (χ1v) is 11.1. The molecule has 2 heterocycles. The average Bonchev–Trinajstić information content (AvgIpc) is 3.18. The number of para-hydroxylation sites is 2. The Balaban J connectivity index is 1.60. The number of hydrogen-bond acceptors (Lipinski definition) is 5. The van der Waals surface area contributed by atoms with Gasteiger partial charge in [-0.05, 0) is 54.6 Å². The van der Waals surface area contributed by atoms with Gasteiger partial charge in [0.25, 0.3) is 5.56 Å². The van der Waals surface area contributed by atoms with Gasteiger partial charge in [0.2, 0.25) is 11.7 Å². The molecule has 0 atom stereocenters. The van der Waals surface area contributed by atoms with Crippen LogP contribution < -0.4 is 20.3 Å². The molecule has 1 amide bonds. The molecule has 0 radical (unpaired) electrons. The minimum Gasteiger partial charge on any atom is -0.497 e. The molecule has 0 aliphatic carbocycles. The number of ether oxygens (including phenoxy) is 2. The van der Waals surface area contributed by atoms with Crippen molar-refractivity contribution in [2.24, 2.45) is 0 Å². The number of fused-ring (bicyclic) bond motifs is 3. The summed E-state index contributed by atoms with van der Waals surface area (Å²) in [5.74, 6) is 1.23. The summed E-state index contributed by atoms with van der Waals surface area (Å²) in [6.07, 6.45) is 0. The second-order valence-electron chi connectivity index (χ2n) is 7.81. The van der Waals surface area contributed by atoms with E-state index >= 15 is 0 Å². The van der Waals surface area contributed by atoms with E-state index in [4.69, 9.17) is 26.1 Å². The van der Waals surface area contributed by atoms with Crippen LogP contribution in [0, 0.1) is 0 Å². The van der Waals surface area contributed by atoms with Crippen LogP contribution in [0.2, 0.25) is 5.02 Å². The first-order chi connectivity index (χ1) is 17.0. The van der Waals surface area contributed by atoms with Crippen LogP contribution in [0.5, 0.6) is 11.5 Å². The molecule has 5 aromatic rings. The number of rotatable bonds is 6. The van der Waals surface area contributed by atoms with Gasteiger partial charge in [0.15, 0.2) is 0 Å². The zero-order valence-corrected chi connectivity index (χ0v) is 19.7. The number of hydrogen-bond donors (Lipinski definition) is 1. The van der Waals surface area contributed by atoms with Gasteiger partial charge < -0.3 is 19.4 Å². The highest BCUT2D eigenvalue weighted by molar-refractivity contribution is 6.31. The molecular weight excluding hydrogens is 468 g/mol. The lowest BCUT2D eigenvalue weighted by Gasteiger charge is -2.12. The zero-order chi connectivity index (χ0) is 24.5. The highest BCUT2D eigenvalue weighted by atomic mass is 35.5. The maximum Gasteiger partial charge on any atom is 0.260 e. The molecule has 0 saturated carbocycles. The van der Waals surface area contributed by atoms with Crippen molar-refractivity contribution < 1.29 is 14.3 Å². The van der Waals surface area contributed by atoms with E-state index in [1.807, 2.05) is 36.4 Å². The fraction of sp³-hybridized carbons (Fsp3) is 0.115. The Bertz CT molecular complexity index is 1620. The summed E-state index contributed by atoms with van der Waals surface area (Å²) >= 11 is 6.10. The smallest absolute Gasteiger partial charge is 0.260 e. The lowest BCUT2D eigenvalue weighted by molar-refractivity contribution is -0.116. The number of carbonyl (C=O) groups is 1. The number of imidazole rings is 1. The topological polar surface area (TPSA) is 86.9 Å². The SMILES string of the molecule is COc1ccc(-c2cc(=O)n3c4ccccc4n(CC(=O)Nc4cc(Cl)ccc4OC)c3n2)cc1. The van der Waals surface area contributed by atoms with Crippen LogP contribution in [0.4, 0.5) is 5.69 Å². The fourth-order valence-corrected chi connectivity index (χ4v) is 4.22.